The van der Waals surface area contributed by atoms with Crippen LogP contribution in [-0.4, -0.2) is 43.1 Å². The van der Waals surface area contributed by atoms with Crippen LogP contribution >= 0.6 is 0 Å². The van der Waals surface area contributed by atoms with Gasteiger partial charge in [0.1, 0.15) is 0 Å². The van der Waals surface area contributed by atoms with Crippen LogP contribution in [0.15, 0.2) is 29.7 Å². The van der Waals surface area contributed by atoms with E-state index < -0.39 is 18.3 Å². The van der Waals surface area contributed by atoms with Crippen LogP contribution in [0.5, 0.6) is 0 Å². The highest BCUT2D eigenvalue weighted by molar-refractivity contribution is 6.55. The Morgan fingerprint density at radius 1 is 1.17 bits per heavy atom. The number of ether oxygens (including phenoxy) is 1. The molecule has 0 aromatic heterocycles. The Labute approximate surface area is 137 Å². The Kier molecular flexibility index (Phi) is 4.99. The molecular formula is C17H23BO5. The number of hydrogen-bond acceptors (Lipinski definition) is 5. The molecule has 1 aromatic carbocycles. The summed E-state index contributed by atoms with van der Waals surface area (Å²) in [5.74, 6) is -0.381. The lowest BCUT2D eigenvalue weighted by Gasteiger charge is -2.32. The van der Waals surface area contributed by atoms with Gasteiger partial charge >= 0.3 is 13.1 Å². The normalized spacial score (nSPS) is 19.7. The SMILES string of the molecule is COC(=O)c1ccc(C=C(CO)B2OC(C)(C)C(C)(C)O2)cc1. The van der Waals surface area contributed by atoms with Crippen molar-refractivity contribution in [2.75, 3.05) is 13.7 Å². The minimum atomic E-state index is -0.592. The Hall–Kier alpha value is -1.63. The molecule has 124 valence electrons. The summed E-state index contributed by atoms with van der Waals surface area (Å²) in [5.41, 5.74) is 1.04. The zero-order chi connectivity index (χ0) is 17.3. The Balaban J connectivity index is 2.21. The van der Waals surface area contributed by atoms with Gasteiger partial charge in [0.2, 0.25) is 0 Å². The lowest BCUT2D eigenvalue weighted by Crippen LogP contribution is -2.41. The first-order valence-corrected chi connectivity index (χ1v) is 7.55. The lowest BCUT2D eigenvalue weighted by molar-refractivity contribution is 0.00578. The number of carbonyl (C=O) groups excluding carboxylic acids is 1. The fraction of sp³-hybridized carbons (Fsp3) is 0.471. The number of methoxy groups -OCH3 is 1. The Bertz CT molecular complexity index is 588. The van der Waals surface area contributed by atoms with E-state index in [0.717, 1.165) is 5.56 Å². The van der Waals surface area contributed by atoms with Gasteiger partial charge in [-0.05, 0) is 50.9 Å². The van der Waals surface area contributed by atoms with E-state index in [4.69, 9.17) is 9.31 Å². The van der Waals surface area contributed by atoms with Gasteiger partial charge in [0.25, 0.3) is 0 Å². The number of aliphatic hydroxyl groups excluding tert-OH is 1. The Morgan fingerprint density at radius 2 is 1.70 bits per heavy atom. The van der Waals surface area contributed by atoms with E-state index in [9.17, 15) is 9.90 Å². The van der Waals surface area contributed by atoms with Crippen LogP contribution in [0.25, 0.3) is 6.08 Å². The van der Waals surface area contributed by atoms with Gasteiger partial charge in [-0.1, -0.05) is 18.2 Å². The molecule has 0 aliphatic carbocycles. The molecule has 0 unspecified atom stereocenters. The first-order valence-electron chi connectivity index (χ1n) is 7.55. The molecular weight excluding hydrogens is 295 g/mol. The van der Waals surface area contributed by atoms with Gasteiger partial charge in [0.15, 0.2) is 0 Å². The summed E-state index contributed by atoms with van der Waals surface area (Å²) in [6.07, 6.45) is 1.81. The minimum Gasteiger partial charge on any atom is -0.465 e. The second-order valence-corrected chi connectivity index (χ2v) is 6.58. The summed E-state index contributed by atoms with van der Waals surface area (Å²) in [4.78, 5) is 11.4. The van der Waals surface area contributed by atoms with Crippen molar-refractivity contribution < 1.29 is 23.9 Å². The van der Waals surface area contributed by atoms with Gasteiger partial charge in [-0.3, -0.25) is 0 Å². The number of esters is 1. The van der Waals surface area contributed by atoms with Crippen molar-refractivity contribution in [3.63, 3.8) is 0 Å². The van der Waals surface area contributed by atoms with Crippen LogP contribution in [0.2, 0.25) is 0 Å². The van der Waals surface area contributed by atoms with Crippen LogP contribution in [0.1, 0.15) is 43.6 Å². The van der Waals surface area contributed by atoms with E-state index in [1.807, 2.05) is 33.8 Å². The number of benzene rings is 1. The zero-order valence-corrected chi connectivity index (χ0v) is 14.3. The van der Waals surface area contributed by atoms with Crippen LogP contribution in [0.3, 0.4) is 0 Å². The third-order valence-corrected chi connectivity index (χ3v) is 4.42. The van der Waals surface area contributed by atoms with E-state index in [1.54, 1.807) is 24.3 Å². The molecule has 1 N–H and O–H groups in total. The molecule has 1 fully saturated rings. The van der Waals surface area contributed by atoms with E-state index in [-0.39, 0.29) is 12.6 Å². The highest BCUT2D eigenvalue weighted by Gasteiger charge is 2.52. The quantitative estimate of drug-likeness (QED) is 0.682. The van der Waals surface area contributed by atoms with Crippen LogP contribution in [0.4, 0.5) is 0 Å². The van der Waals surface area contributed by atoms with E-state index >= 15 is 0 Å². The van der Waals surface area contributed by atoms with E-state index in [0.29, 0.717) is 11.0 Å². The van der Waals surface area contributed by atoms with Crippen molar-refractivity contribution in [1.82, 2.24) is 0 Å². The maximum absolute atomic E-state index is 11.4. The maximum atomic E-state index is 11.4. The van der Waals surface area contributed by atoms with Crippen LogP contribution < -0.4 is 0 Å². The predicted molar refractivity (Wildman–Crippen MR) is 88.9 cm³/mol. The van der Waals surface area contributed by atoms with Crippen molar-refractivity contribution in [2.45, 2.75) is 38.9 Å². The molecule has 23 heavy (non-hydrogen) atoms. The third kappa shape index (κ3) is 3.66. The van der Waals surface area contributed by atoms with E-state index in [2.05, 4.69) is 4.74 Å². The van der Waals surface area contributed by atoms with Gasteiger partial charge < -0.3 is 19.2 Å². The zero-order valence-electron chi connectivity index (χ0n) is 14.3. The van der Waals surface area contributed by atoms with Gasteiger partial charge in [0, 0.05) is 0 Å². The fourth-order valence-electron chi connectivity index (χ4n) is 2.23. The van der Waals surface area contributed by atoms with Gasteiger partial charge in [-0.25, -0.2) is 4.79 Å². The van der Waals surface area contributed by atoms with Gasteiger partial charge in [-0.15, -0.1) is 0 Å². The molecule has 1 aliphatic rings. The molecule has 1 aliphatic heterocycles. The summed E-state index contributed by atoms with van der Waals surface area (Å²) < 4.78 is 16.6. The molecule has 1 heterocycles. The summed E-state index contributed by atoms with van der Waals surface area (Å²) in [5, 5.41) is 9.67. The molecule has 5 nitrogen and oxygen atoms in total. The first kappa shape index (κ1) is 17.7. The third-order valence-electron chi connectivity index (χ3n) is 4.42. The molecule has 1 saturated heterocycles. The average molecular weight is 318 g/mol. The van der Waals surface area contributed by atoms with Crippen molar-refractivity contribution in [2.24, 2.45) is 0 Å². The molecule has 0 saturated carbocycles. The highest BCUT2D eigenvalue weighted by atomic mass is 16.7. The molecule has 0 bridgehead atoms. The molecule has 0 radical (unpaired) electrons. The molecule has 2 rings (SSSR count). The topological polar surface area (TPSA) is 65.0 Å². The molecule has 0 spiro atoms. The smallest absolute Gasteiger partial charge is 0.465 e. The summed E-state index contributed by atoms with van der Waals surface area (Å²) >= 11 is 0. The van der Waals surface area contributed by atoms with Crippen molar-refractivity contribution in [1.29, 1.82) is 0 Å². The second-order valence-electron chi connectivity index (χ2n) is 6.58. The summed E-state index contributed by atoms with van der Waals surface area (Å²) in [7, 11) is 0.753. The minimum absolute atomic E-state index is 0.171. The summed E-state index contributed by atoms with van der Waals surface area (Å²) in [6.45, 7) is 7.69. The number of aliphatic hydroxyl groups is 1. The number of rotatable bonds is 4. The molecule has 1 aromatic rings. The molecule has 0 atom stereocenters. The van der Waals surface area contributed by atoms with Crippen LogP contribution in [-0.2, 0) is 14.0 Å². The van der Waals surface area contributed by atoms with Gasteiger partial charge in [0.05, 0.1) is 30.5 Å². The Morgan fingerprint density at radius 3 is 2.13 bits per heavy atom. The number of carbonyl (C=O) groups is 1. The van der Waals surface area contributed by atoms with Gasteiger partial charge in [-0.2, -0.15) is 0 Å². The highest BCUT2D eigenvalue weighted by Crippen LogP contribution is 2.38. The predicted octanol–water partition coefficient (Wildman–Crippen LogP) is 2.48. The fourth-order valence-corrected chi connectivity index (χ4v) is 2.23. The number of hydrogen-bond donors (Lipinski definition) is 1. The van der Waals surface area contributed by atoms with Crippen molar-refractivity contribution >= 4 is 19.2 Å². The largest absolute Gasteiger partial charge is 0.492 e. The molecule has 0 amide bonds. The summed E-state index contributed by atoms with van der Waals surface area (Å²) in [6, 6.07) is 6.92. The van der Waals surface area contributed by atoms with Crippen molar-refractivity contribution in [3.05, 3.63) is 40.9 Å². The second kappa shape index (κ2) is 6.47. The van der Waals surface area contributed by atoms with Crippen molar-refractivity contribution in [3.8, 4) is 0 Å². The van der Waals surface area contributed by atoms with E-state index in [1.165, 1.54) is 7.11 Å². The first-order chi connectivity index (χ1) is 10.7. The average Bonchev–Trinajstić information content (AvgIpc) is 2.72. The standard InChI is InChI=1S/C17H23BO5/c1-16(2)17(3,4)23-18(22-16)14(11-19)10-12-6-8-13(9-7-12)15(20)21-5/h6-10,19H,11H2,1-5H3. The maximum Gasteiger partial charge on any atom is 0.492 e. The monoisotopic (exact) mass is 318 g/mol. The van der Waals surface area contributed by atoms with Crippen LogP contribution in [0, 0.1) is 0 Å². The molecule has 6 heteroatoms. The lowest BCUT2D eigenvalue weighted by atomic mass is 9.77.